The Morgan fingerprint density at radius 2 is 1.89 bits per heavy atom. The first-order valence-corrected chi connectivity index (χ1v) is 8.80. The van der Waals surface area contributed by atoms with Crippen molar-refractivity contribution in [3.05, 3.63) is 0 Å². The Labute approximate surface area is 116 Å². The second-order valence-corrected chi connectivity index (χ2v) is 7.47. The number of hydrogen-bond acceptors (Lipinski definition) is 3. The topological polar surface area (TPSA) is 89.3 Å². The molecule has 0 bridgehead atoms. The molecule has 0 aromatic carbocycles. The van der Waals surface area contributed by atoms with Gasteiger partial charge in [-0.3, -0.25) is 4.79 Å². The van der Waals surface area contributed by atoms with Gasteiger partial charge in [0.1, 0.15) is 6.04 Å². The summed E-state index contributed by atoms with van der Waals surface area (Å²) >= 11 is 0. The van der Waals surface area contributed by atoms with Crippen molar-refractivity contribution >= 4 is 15.9 Å². The summed E-state index contributed by atoms with van der Waals surface area (Å²) < 4.78 is 26.7. The van der Waals surface area contributed by atoms with Gasteiger partial charge in [0.25, 0.3) is 0 Å². The van der Waals surface area contributed by atoms with Gasteiger partial charge in [-0.1, -0.05) is 39.5 Å². The summed E-state index contributed by atoms with van der Waals surface area (Å²) in [5.41, 5.74) is 5.29. The average molecular weight is 290 g/mol. The summed E-state index contributed by atoms with van der Waals surface area (Å²) in [7, 11) is -3.43. The molecule has 19 heavy (non-hydrogen) atoms. The molecule has 1 aliphatic rings. The molecule has 0 aromatic heterocycles. The normalized spacial score (nSPS) is 20.9. The van der Waals surface area contributed by atoms with Crippen molar-refractivity contribution in [2.24, 2.45) is 17.6 Å². The number of primary amides is 1. The molecule has 112 valence electrons. The smallest absolute Gasteiger partial charge is 0.235 e. The molecule has 5 nitrogen and oxygen atoms in total. The molecule has 2 atom stereocenters. The highest BCUT2D eigenvalue weighted by Crippen LogP contribution is 2.24. The van der Waals surface area contributed by atoms with Crippen LogP contribution in [-0.4, -0.2) is 26.1 Å². The van der Waals surface area contributed by atoms with Crippen molar-refractivity contribution in [3.63, 3.8) is 0 Å². The maximum absolute atomic E-state index is 12.1. The van der Waals surface area contributed by atoms with Crippen LogP contribution in [0.25, 0.3) is 0 Å². The quantitative estimate of drug-likeness (QED) is 0.742. The van der Waals surface area contributed by atoms with E-state index in [1.54, 1.807) is 0 Å². The summed E-state index contributed by atoms with van der Waals surface area (Å²) in [5, 5.41) is 0. The van der Waals surface area contributed by atoms with Crippen LogP contribution in [0.5, 0.6) is 0 Å². The van der Waals surface area contributed by atoms with Gasteiger partial charge in [0.2, 0.25) is 15.9 Å². The Morgan fingerprint density at radius 1 is 1.32 bits per heavy atom. The van der Waals surface area contributed by atoms with Gasteiger partial charge in [-0.25, -0.2) is 13.1 Å². The van der Waals surface area contributed by atoms with Crippen LogP contribution in [0.3, 0.4) is 0 Å². The van der Waals surface area contributed by atoms with E-state index in [9.17, 15) is 13.2 Å². The maximum atomic E-state index is 12.1. The molecule has 0 heterocycles. The van der Waals surface area contributed by atoms with Crippen molar-refractivity contribution in [1.29, 1.82) is 0 Å². The zero-order chi connectivity index (χ0) is 14.5. The van der Waals surface area contributed by atoms with Crippen LogP contribution in [-0.2, 0) is 14.8 Å². The monoisotopic (exact) mass is 290 g/mol. The molecule has 0 aliphatic heterocycles. The van der Waals surface area contributed by atoms with Crippen molar-refractivity contribution in [2.75, 3.05) is 5.75 Å². The lowest BCUT2D eigenvalue weighted by atomic mass is 9.91. The highest BCUT2D eigenvalue weighted by atomic mass is 32.2. The van der Waals surface area contributed by atoms with E-state index in [2.05, 4.69) is 4.72 Å². The maximum Gasteiger partial charge on any atom is 0.235 e. The number of nitrogens with one attached hydrogen (secondary N) is 1. The van der Waals surface area contributed by atoms with Crippen molar-refractivity contribution in [1.82, 2.24) is 4.72 Å². The van der Waals surface area contributed by atoms with E-state index in [1.165, 1.54) is 6.42 Å². The number of rotatable bonds is 7. The highest BCUT2D eigenvalue weighted by molar-refractivity contribution is 7.89. The predicted molar refractivity (Wildman–Crippen MR) is 75.9 cm³/mol. The molecule has 1 rings (SSSR count). The molecular formula is C13H26N2O3S. The van der Waals surface area contributed by atoms with E-state index in [1.807, 2.05) is 13.8 Å². The number of carbonyl (C=O) groups excluding carboxylic acids is 1. The molecule has 1 amide bonds. The fourth-order valence-corrected chi connectivity index (χ4v) is 4.38. The van der Waals surface area contributed by atoms with E-state index < -0.39 is 22.0 Å². The summed E-state index contributed by atoms with van der Waals surface area (Å²) in [5.74, 6) is -0.343. The largest absolute Gasteiger partial charge is 0.368 e. The lowest BCUT2D eigenvalue weighted by Crippen LogP contribution is -2.49. The molecule has 0 saturated heterocycles. The van der Waals surface area contributed by atoms with Crippen LogP contribution in [0.2, 0.25) is 0 Å². The third-order valence-electron chi connectivity index (χ3n) is 4.01. The lowest BCUT2D eigenvalue weighted by Gasteiger charge is -2.25. The van der Waals surface area contributed by atoms with Crippen LogP contribution < -0.4 is 10.5 Å². The van der Waals surface area contributed by atoms with Gasteiger partial charge in [0.05, 0.1) is 5.75 Å². The number of carbonyl (C=O) groups is 1. The van der Waals surface area contributed by atoms with Gasteiger partial charge in [-0.2, -0.15) is 0 Å². The Bertz CT molecular complexity index is 389. The van der Waals surface area contributed by atoms with Gasteiger partial charge < -0.3 is 5.73 Å². The SMILES string of the molecule is CC[C@H](C)[C@H](NS(=O)(=O)CC1CCCCC1)C(N)=O. The number of hydrogen-bond donors (Lipinski definition) is 2. The van der Waals surface area contributed by atoms with Crippen molar-refractivity contribution in [2.45, 2.75) is 58.4 Å². The lowest BCUT2D eigenvalue weighted by molar-refractivity contribution is -0.120. The average Bonchev–Trinajstić information content (AvgIpc) is 2.35. The second kappa shape index (κ2) is 7.24. The van der Waals surface area contributed by atoms with Crippen LogP contribution in [0.1, 0.15) is 52.4 Å². The first-order chi connectivity index (χ1) is 8.85. The van der Waals surface area contributed by atoms with Crippen LogP contribution in [0.15, 0.2) is 0 Å². The molecule has 3 N–H and O–H groups in total. The Hall–Kier alpha value is -0.620. The van der Waals surface area contributed by atoms with E-state index in [4.69, 9.17) is 5.73 Å². The molecular weight excluding hydrogens is 264 g/mol. The Morgan fingerprint density at radius 3 is 2.37 bits per heavy atom. The van der Waals surface area contributed by atoms with E-state index in [0.29, 0.717) is 6.42 Å². The molecule has 6 heteroatoms. The number of sulfonamides is 1. The zero-order valence-electron chi connectivity index (χ0n) is 11.9. The minimum absolute atomic E-state index is 0.0846. The van der Waals surface area contributed by atoms with E-state index in [0.717, 1.165) is 25.7 Å². The van der Waals surface area contributed by atoms with E-state index >= 15 is 0 Å². The number of amides is 1. The van der Waals surface area contributed by atoms with Gasteiger partial charge >= 0.3 is 0 Å². The zero-order valence-corrected chi connectivity index (χ0v) is 12.7. The fraction of sp³-hybridized carbons (Fsp3) is 0.923. The first kappa shape index (κ1) is 16.4. The van der Waals surface area contributed by atoms with Gasteiger partial charge in [0.15, 0.2) is 0 Å². The second-order valence-electron chi connectivity index (χ2n) is 5.67. The van der Waals surface area contributed by atoms with Gasteiger partial charge in [-0.15, -0.1) is 0 Å². The Kier molecular flexibility index (Phi) is 6.26. The fourth-order valence-electron chi connectivity index (χ4n) is 2.60. The summed E-state index contributed by atoms with van der Waals surface area (Å²) in [4.78, 5) is 11.4. The first-order valence-electron chi connectivity index (χ1n) is 7.15. The third kappa shape index (κ3) is 5.48. The summed E-state index contributed by atoms with van der Waals surface area (Å²) in [6, 6.07) is -0.793. The van der Waals surface area contributed by atoms with Gasteiger partial charge in [-0.05, 0) is 24.7 Å². The molecule has 0 radical (unpaired) electrons. The van der Waals surface area contributed by atoms with Crippen LogP contribution >= 0.6 is 0 Å². The third-order valence-corrected chi connectivity index (χ3v) is 5.53. The molecule has 1 aliphatic carbocycles. The molecule has 0 aromatic rings. The molecule has 0 unspecified atom stereocenters. The predicted octanol–water partition coefficient (Wildman–Crippen LogP) is 1.39. The Balaban J connectivity index is 2.62. The highest BCUT2D eigenvalue weighted by Gasteiger charge is 2.29. The summed E-state index contributed by atoms with van der Waals surface area (Å²) in [6.07, 6.45) is 6.03. The van der Waals surface area contributed by atoms with Crippen LogP contribution in [0.4, 0.5) is 0 Å². The minimum Gasteiger partial charge on any atom is -0.368 e. The van der Waals surface area contributed by atoms with Crippen LogP contribution in [0, 0.1) is 11.8 Å². The van der Waals surface area contributed by atoms with Crippen molar-refractivity contribution < 1.29 is 13.2 Å². The molecule has 1 saturated carbocycles. The standard InChI is InChI=1S/C13H26N2O3S/c1-3-10(2)12(13(14)16)15-19(17,18)9-11-7-5-4-6-8-11/h10-12,15H,3-9H2,1-2H3,(H2,14,16)/t10-,12-/m0/s1. The molecule has 0 spiro atoms. The minimum atomic E-state index is -3.43. The van der Waals surface area contributed by atoms with E-state index in [-0.39, 0.29) is 17.6 Å². The van der Waals surface area contributed by atoms with Crippen molar-refractivity contribution in [3.8, 4) is 0 Å². The molecule has 1 fully saturated rings. The number of nitrogens with two attached hydrogens (primary N) is 1. The summed E-state index contributed by atoms with van der Waals surface area (Å²) in [6.45, 7) is 3.74. The van der Waals surface area contributed by atoms with Gasteiger partial charge in [0, 0.05) is 0 Å².